The maximum Gasteiger partial charge on any atom is 0.306 e. The van der Waals surface area contributed by atoms with Gasteiger partial charge in [-0.15, -0.1) is 0 Å². The van der Waals surface area contributed by atoms with Crippen molar-refractivity contribution in [3.05, 3.63) is 29.8 Å². The second-order valence-corrected chi connectivity index (χ2v) is 4.55. The Morgan fingerprint density at radius 1 is 1.29 bits per heavy atom. The summed E-state index contributed by atoms with van der Waals surface area (Å²) in [6, 6.07) is 7.52. The number of aryl methyl sites for hydroxylation is 1. The van der Waals surface area contributed by atoms with E-state index < -0.39 is 12.1 Å². The van der Waals surface area contributed by atoms with Gasteiger partial charge < -0.3 is 19.9 Å². The fourth-order valence-electron chi connectivity index (χ4n) is 1.68. The first kappa shape index (κ1) is 17.0. The number of nitrogens with one attached hydrogen (secondary N) is 1. The molecule has 0 heterocycles. The van der Waals surface area contributed by atoms with Crippen LogP contribution < -0.4 is 10.1 Å². The Labute approximate surface area is 124 Å². The summed E-state index contributed by atoms with van der Waals surface area (Å²) in [4.78, 5) is 22.2. The Morgan fingerprint density at radius 3 is 2.48 bits per heavy atom. The average molecular weight is 295 g/mol. The topological polar surface area (TPSA) is 84.9 Å². The van der Waals surface area contributed by atoms with E-state index >= 15 is 0 Å². The summed E-state index contributed by atoms with van der Waals surface area (Å²) < 4.78 is 10.3. The molecule has 0 bridgehead atoms. The third-order valence-corrected chi connectivity index (χ3v) is 2.96. The van der Waals surface area contributed by atoms with Crippen molar-refractivity contribution in [2.75, 3.05) is 20.3 Å². The molecule has 21 heavy (non-hydrogen) atoms. The minimum Gasteiger partial charge on any atom is -0.484 e. The van der Waals surface area contributed by atoms with Crippen molar-refractivity contribution in [2.45, 2.75) is 25.9 Å². The van der Waals surface area contributed by atoms with Crippen LogP contribution in [-0.4, -0.2) is 43.3 Å². The first-order valence-corrected chi connectivity index (χ1v) is 6.78. The van der Waals surface area contributed by atoms with Crippen LogP contribution in [0.15, 0.2) is 24.3 Å². The summed E-state index contributed by atoms with van der Waals surface area (Å²) in [6.07, 6.45) is 0.245. The Bertz CT molecular complexity index is 458. The van der Waals surface area contributed by atoms with E-state index in [9.17, 15) is 9.59 Å². The number of amides is 1. The number of carbonyl (C=O) groups excluding carboxylic acids is 1. The van der Waals surface area contributed by atoms with E-state index in [1.54, 1.807) is 0 Å². The zero-order valence-electron chi connectivity index (χ0n) is 12.3. The van der Waals surface area contributed by atoms with Crippen molar-refractivity contribution in [1.29, 1.82) is 0 Å². The van der Waals surface area contributed by atoms with Crippen LogP contribution in [0.5, 0.6) is 5.75 Å². The maximum atomic E-state index is 11.6. The van der Waals surface area contributed by atoms with Crippen LogP contribution in [0, 0.1) is 0 Å². The predicted molar refractivity (Wildman–Crippen MR) is 77.4 cm³/mol. The summed E-state index contributed by atoms with van der Waals surface area (Å²) in [5.74, 6) is -0.665. The molecule has 0 aliphatic rings. The number of carboxylic acids is 1. The Hall–Kier alpha value is -2.08. The summed E-state index contributed by atoms with van der Waals surface area (Å²) in [7, 11) is 1.41. The number of aliphatic carboxylic acids is 1. The molecule has 0 spiro atoms. The molecule has 0 radical (unpaired) electrons. The molecular formula is C15H21NO5. The van der Waals surface area contributed by atoms with Crippen molar-refractivity contribution in [2.24, 2.45) is 0 Å². The second-order valence-electron chi connectivity index (χ2n) is 4.55. The molecular weight excluding hydrogens is 274 g/mol. The van der Waals surface area contributed by atoms with E-state index in [1.165, 1.54) is 12.7 Å². The lowest BCUT2D eigenvalue weighted by Crippen LogP contribution is -2.37. The van der Waals surface area contributed by atoms with Crippen molar-refractivity contribution >= 4 is 11.9 Å². The molecule has 1 unspecified atom stereocenters. The van der Waals surface area contributed by atoms with Crippen LogP contribution in [0.4, 0.5) is 0 Å². The lowest BCUT2D eigenvalue weighted by molar-refractivity contribution is -0.140. The van der Waals surface area contributed by atoms with Gasteiger partial charge in [0.15, 0.2) is 6.61 Å². The minimum atomic E-state index is -0.969. The minimum absolute atomic E-state index is 0.116. The monoisotopic (exact) mass is 295 g/mol. The van der Waals surface area contributed by atoms with Crippen LogP contribution in [0.25, 0.3) is 0 Å². The van der Waals surface area contributed by atoms with Gasteiger partial charge in [0, 0.05) is 13.7 Å². The molecule has 0 fully saturated rings. The molecule has 2 N–H and O–H groups in total. The van der Waals surface area contributed by atoms with Gasteiger partial charge in [0.05, 0.1) is 12.5 Å². The Kier molecular flexibility index (Phi) is 7.25. The molecule has 6 nitrogen and oxygen atoms in total. The van der Waals surface area contributed by atoms with Gasteiger partial charge in [0.25, 0.3) is 5.91 Å². The highest BCUT2D eigenvalue weighted by Gasteiger charge is 2.13. The lowest BCUT2D eigenvalue weighted by Gasteiger charge is -2.14. The SMILES string of the molecule is CCc1ccc(OCC(=O)NCC(CC(=O)O)OC)cc1. The van der Waals surface area contributed by atoms with E-state index in [2.05, 4.69) is 12.2 Å². The summed E-state index contributed by atoms with van der Waals surface area (Å²) >= 11 is 0. The number of ether oxygens (including phenoxy) is 2. The number of carboxylic acid groups (broad SMARTS) is 1. The molecule has 0 aliphatic heterocycles. The normalized spacial score (nSPS) is 11.7. The van der Waals surface area contributed by atoms with Gasteiger partial charge in [-0.25, -0.2) is 0 Å². The number of benzene rings is 1. The second kappa shape index (κ2) is 8.97. The predicted octanol–water partition coefficient (Wildman–Crippen LogP) is 1.23. The number of rotatable bonds is 9. The smallest absolute Gasteiger partial charge is 0.306 e. The van der Waals surface area contributed by atoms with Gasteiger partial charge in [-0.1, -0.05) is 19.1 Å². The standard InChI is InChI=1S/C15H21NO5/c1-3-11-4-6-12(7-5-11)21-10-14(17)16-9-13(20-2)8-15(18)19/h4-7,13H,3,8-10H2,1-2H3,(H,16,17)(H,18,19). The highest BCUT2D eigenvalue weighted by atomic mass is 16.5. The van der Waals surface area contributed by atoms with Crippen LogP contribution in [0.3, 0.4) is 0 Å². The number of hydrogen-bond donors (Lipinski definition) is 2. The van der Waals surface area contributed by atoms with Crippen LogP contribution in [0.1, 0.15) is 18.9 Å². The van der Waals surface area contributed by atoms with Gasteiger partial charge in [0.2, 0.25) is 0 Å². The quantitative estimate of drug-likeness (QED) is 0.716. The molecule has 6 heteroatoms. The van der Waals surface area contributed by atoms with Crippen LogP contribution >= 0.6 is 0 Å². The van der Waals surface area contributed by atoms with Crippen LogP contribution in [-0.2, 0) is 20.7 Å². The highest BCUT2D eigenvalue weighted by Crippen LogP contribution is 2.12. The lowest BCUT2D eigenvalue weighted by atomic mass is 10.2. The number of methoxy groups -OCH3 is 1. The molecule has 0 aliphatic carbocycles. The number of hydrogen-bond acceptors (Lipinski definition) is 4. The van der Waals surface area contributed by atoms with Crippen molar-refractivity contribution in [3.8, 4) is 5.75 Å². The van der Waals surface area contributed by atoms with Gasteiger partial charge in [-0.05, 0) is 24.1 Å². The zero-order chi connectivity index (χ0) is 15.7. The molecule has 0 aromatic heterocycles. The largest absolute Gasteiger partial charge is 0.484 e. The van der Waals surface area contributed by atoms with Gasteiger partial charge in [0.1, 0.15) is 5.75 Å². The highest BCUT2D eigenvalue weighted by molar-refractivity contribution is 5.77. The molecule has 1 atom stereocenters. The van der Waals surface area contributed by atoms with Gasteiger partial charge in [-0.3, -0.25) is 9.59 Å². The average Bonchev–Trinajstić information content (AvgIpc) is 2.49. The molecule has 1 amide bonds. The van der Waals surface area contributed by atoms with Gasteiger partial charge >= 0.3 is 5.97 Å². The summed E-state index contributed by atoms with van der Waals surface area (Å²) in [5.41, 5.74) is 1.20. The van der Waals surface area contributed by atoms with E-state index in [4.69, 9.17) is 14.6 Å². The molecule has 0 saturated carbocycles. The van der Waals surface area contributed by atoms with Crippen LogP contribution in [0.2, 0.25) is 0 Å². The Balaban J connectivity index is 2.31. The van der Waals surface area contributed by atoms with E-state index in [1.807, 2.05) is 24.3 Å². The van der Waals surface area contributed by atoms with E-state index in [0.717, 1.165) is 6.42 Å². The van der Waals surface area contributed by atoms with Gasteiger partial charge in [-0.2, -0.15) is 0 Å². The first-order chi connectivity index (χ1) is 10.0. The third-order valence-electron chi connectivity index (χ3n) is 2.96. The zero-order valence-corrected chi connectivity index (χ0v) is 12.3. The first-order valence-electron chi connectivity index (χ1n) is 6.78. The molecule has 0 saturated heterocycles. The molecule has 1 aromatic rings. The number of carbonyl (C=O) groups is 2. The molecule has 116 valence electrons. The summed E-state index contributed by atoms with van der Waals surface area (Å²) in [6.45, 7) is 2.08. The Morgan fingerprint density at radius 2 is 1.95 bits per heavy atom. The third kappa shape index (κ3) is 6.76. The van der Waals surface area contributed by atoms with Crippen molar-refractivity contribution in [3.63, 3.8) is 0 Å². The fraction of sp³-hybridized carbons (Fsp3) is 0.467. The van der Waals surface area contributed by atoms with E-state index in [0.29, 0.717) is 5.75 Å². The molecule has 1 aromatic carbocycles. The fourth-order valence-corrected chi connectivity index (χ4v) is 1.68. The molecule has 1 rings (SSSR count). The van der Waals surface area contributed by atoms with Crippen molar-refractivity contribution < 1.29 is 24.2 Å². The summed E-state index contributed by atoms with van der Waals surface area (Å²) in [5, 5.41) is 11.2. The van der Waals surface area contributed by atoms with Crippen molar-refractivity contribution in [1.82, 2.24) is 5.32 Å². The maximum absolute atomic E-state index is 11.6. The van der Waals surface area contributed by atoms with E-state index in [-0.39, 0.29) is 25.5 Å².